The zero-order valence-corrected chi connectivity index (χ0v) is 10.9. The topological polar surface area (TPSA) is 17.1 Å². The molecule has 0 radical (unpaired) electrons. The Hall–Kier alpha value is -1.25. The second-order valence-corrected chi connectivity index (χ2v) is 5.20. The Labute approximate surface area is 110 Å². The maximum absolute atomic E-state index is 10.9. The number of hydrogen-bond acceptors (Lipinski definition) is 2. The quantitative estimate of drug-likeness (QED) is 0.756. The Kier molecular flexibility index (Phi) is 3.87. The second-order valence-electron chi connectivity index (χ2n) is 3.71. The highest BCUT2D eigenvalue weighted by Gasteiger charge is 2.02. The number of halogens is 1. The summed E-state index contributed by atoms with van der Waals surface area (Å²) in [4.78, 5) is 13.2. The minimum absolute atomic E-state index is 0.420. The number of aryl methyl sites for hydroxylation is 1. The van der Waals surface area contributed by atoms with Crippen molar-refractivity contribution in [3.8, 4) is 0 Å². The molecule has 0 heterocycles. The summed E-state index contributed by atoms with van der Waals surface area (Å²) in [5, 5.41) is -0.420. The van der Waals surface area contributed by atoms with Crippen LogP contribution in [0.2, 0.25) is 0 Å². The van der Waals surface area contributed by atoms with E-state index in [1.54, 1.807) is 23.9 Å². The number of benzene rings is 2. The minimum Gasteiger partial charge on any atom is -0.276 e. The molecule has 0 aromatic heterocycles. The molecule has 0 bridgehead atoms. The molecule has 0 N–H and O–H groups in total. The molecule has 0 fully saturated rings. The van der Waals surface area contributed by atoms with Crippen LogP contribution in [0.3, 0.4) is 0 Å². The van der Waals surface area contributed by atoms with Gasteiger partial charge in [0, 0.05) is 15.4 Å². The van der Waals surface area contributed by atoms with Gasteiger partial charge in [0.05, 0.1) is 0 Å². The number of carbonyl (C=O) groups is 1. The van der Waals surface area contributed by atoms with Gasteiger partial charge in [-0.2, -0.15) is 0 Å². The van der Waals surface area contributed by atoms with Crippen molar-refractivity contribution in [1.82, 2.24) is 0 Å². The van der Waals surface area contributed by atoms with Gasteiger partial charge in [-0.25, -0.2) is 0 Å². The van der Waals surface area contributed by atoms with Crippen LogP contribution in [0.25, 0.3) is 0 Å². The van der Waals surface area contributed by atoms with Gasteiger partial charge in [-0.05, 0) is 54.9 Å². The van der Waals surface area contributed by atoms with Gasteiger partial charge in [0.1, 0.15) is 0 Å². The molecule has 2 rings (SSSR count). The third kappa shape index (κ3) is 3.35. The molecule has 0 atom stereocenters. The molecule has 0 spiro atoms. The summed E-state index contributed by atoms with van der Waals surface area (Å²) in [6, 6.07) is 15.6. The van der Waals surface area contributed by atoms with Crippen LogP contribution in [0.5, 0.6) is 0 Å². The van der Waals surface area contributed by atoms with Crippen LogP contribution in [0, 0.1) is 6.92 Å². The fourth-order valence-corrected chi connectivity index (χ4v) is 2.34. The lowest BCUT2D eigenvalue weighted by Crippen LogP contribution is -1.86. The molecule has 0 saturated heterocycles. The first kappa shape index (κ1) is 12.2. The van der Waals surface area contributed by atoms with Gasteiger partial charge in [0.2, 0.25) is 0 Å². The van der Waals surface area contributed by atoms with Crippen molar-refractivity contribution in [3.05, 3.63) is 59.7 Å². The average molecular weight is 263 g/mol. The molecule has 2 aromatic rings. The van der Waals surface area contributed by atoms with Crippen molar-refractivity contribution in [2.45, 2.75) is 16.7 Å². The van der Waals surface area contributed by atoms with Crippen LogP contribution in [-0.2, 0) is 0 Å². The number of carbonyl (C=O) groups excluding carboxylic acids is 1. The maximum Gasteiger partial charge on any atom is 0.252 e. The van der Waals surface area contributed by atoms with E-state index in [0.29, 0.717) is 5.56 Å². The van der Waals surface area contributed by atoms with Gasteiger partial charge in [0.15, 0.2) is 0 Å². The first-order valence-electron chi connectivity index (χ1n) is 5.19. The van der Waals surface area contributed by atoms with Gasteiger partial charge in [-0.1, -0.05) is 29.5 Å². The van der Waals surface area contributed by atoms with Crippen molar-refractivity contribution in [2.24, 2.45) is 0 Å². The third-order valence-corrected chi connectivity index (χ3v) is 3.57. The van der Waals surface area contributed by atoms with Gasteiger partial charge < -0.3 is 0 Å². The largest absolute Gasteiger partial charge is 0.276 e. The van der Waals surface area contributed by atoms with Crippen molar-refractivity contribution >= 4 is 28.6 Å². The SMILES string of the molecule is Cc1ccc(Sc2ccc(C(=O)Cl)cc2)cc1. The summed E-state index contributed by atoms with van der Waals surface area (Å²) in [5.74, 6) is 0. The summed E-state index contributed by atoms with van der Waals surface area (Å²) < 4.78 is 0. The lowest BCUT2D eigenvalue weighted by molar-refractivity contribution is 0.108. The number of hydrogen-bond donors (Lipinski definition) is 0. The zero-order valence-electron chi connectivity index (χ0n) is 9.31. The van der Waals surface area contributed by atoms with Crippen molar-refractivity contribution in [1.29, 1.82) is 0 Å². The summed E-state index contributed by atoms with van der Waals surface area (Å²) in [6.07, 6.45) is 0. The second kappa shape index (κ2) is 5.39. The molecule has 0 saturated carbocycles. The highest BCUT2D eigenvalue weighted by molar-refractivity contribution is 7.99. The summed E-state index contributed by atoms with van der Waals surface area (Å²) in [7, 11) is 0. The average Bonchev–Trinajstić information content (AvgIpc) is 2.33. The Bertz CT molecular complexity index is 517. The molecule has 3 heteroatoms. The van der Waals surface area contributed by atoms with E-state index in [4.69, 9.17) is 11.6 Å². The molecule has 17 heavy (non-hydrogen) atoms. The first-order chi connectivity index (χ1) is 8.15. The smallest absolute Gasteiger partial charge is 0.252 e. The van der Waals surface area contributed by atoms with Crippen LogP contribution < -0.4 is 0 Å². The monoisotopic (exact) mass is 262 g/mol. The normalized spacial score (nSPS) is 10.2. The highest BCUT2D eigenvalue weighted by atomic mass is 35.5. The fourth-order valence-electron chi connectivity index (χ4n) is 1.40. The van der Waals surface area contributed by atoms with E-state index < -0.39 is 5.24 Å². The molecule has 86 valence electrons. The molecule has 0 amide bonds. The lowest BCUT2D eigenvalue weighted by Gasteiger charge is -2.02. The summed E-state index contributed by atoms with van der Waals surface area (Å²) >= 11 is 7.05. The predicted octanol–water partition coefficient (Wildman–Crippen LogP) is 4.53. The molecule has 1 nitrogen and oxygen atoms in total. The van der Waals surface area contributed by atoms with E-state index in [0.717, 1.165) is 4.90 Å². The Morgan fingerprint density at radius 3 is 1.88 bits per heavy atom. The van der Waals surface area contributed by atoms with E-state index in [1.165, 1.54) is 10.5 Å². The summed E-state index contributed by atoms with van der Waals surface area (Å²) in [6.45, 7) is 2.06. The van der Waals surface area contributed by atoms with Gasteiger partial charge >= 0.3 is 0 Å². The Morgan fingerprint density at radius 1 is 0.941 bits per heavy atom. The van der Waals surface area contributed by atoms with Crippen LogP contribution in [0.15, 0.2) is 58.3 Å². The fraction of sp³-hybridized carbons (Fsp3) is 0.0714. The van der Waals surface area contributed by atoms with Crippen LogP contribution in [0.1, 0.15) is 15.9 Å². The van der Waals surface area contributed by atoms with Crippen LogP contribution in [0.4, 0.5) is 0 Å². The molecule has 0 aliphatic rings. The number of rotatable bonds is 3. The minimum atomic E-state index is -0.420. The maximum atomic E-state index is 10.9. The van der Waals surface area contributed by atoms with Gasteiger partial charge in [0.25, 0.3) is 5.24 Å². The van der Waals surface area contributed by atoms with E-state index in [2.05, 4.69) is 31.2 Å². The Morgan fingerprint density at radius 2 is 1.41 bits per heavy atom. The van der Waals surface area contributed by atoms with E-state index >= 15 is 0 Å². The molecular weight excluding hydrogens is 252 g/mol. The van der Waals surface area contributed by atoms with E-state index in [9.17, 15) is 4.79 Å². The van der Waals surface area contributed by atoms with Crippen molar-refractivity contribution < 1.29 is 4.79 Å². The van der Waals surface area contributed by atoms with Crippen molar-refractivity contribution in [3.63, 3.8) is 0 Å². The molecular formula is C14H11ClOS. The van der Waals surface area contributed by atoms with E-state index in [1.807, 2.05) is 12.1 Å². The summed E-state index contributed by atoms with van der Waals surface area (Å²) in [5.41, 5.74) is 1.78. The zero-order chi connectivity index (χ0) is 12.3. The lowest BCUT2D eigenvalue weighted by atomic mass is 10.2. The van der Waals surface area contributed by atoms with Gasteiger partial charge in [-0.15, -0.1) is 0 Å². The third-order valence-electron chi connectivity index (χ3n) is 2.34. The predicted molar refractivity (Wildman–Crippen MR) is 71.9 cm³/mol. The first-order valence-corrected chi connectivity index (χ1v) is 6.39. The van der Waals surface area contributed by atoms with Crippen molar-refractivity contribution in [2.75, 3.05) is 0 Å². The Balaban J connectivity index is 2.13. The van der Waals surface area contributed by atoms with Crippen LogP contribution >= 0.6 is 23.4 Å². The van der Waals surface area contributed by atoms with Crippen LogP contribution in [-0.4, -0.2) is 5.24 Å². The standard InChI is InChI=1S/C14H11ClOS/c1-10-2-6-12(7-3-10)17-13-8-4-11(5-9-13)14(15)16/h2-9H,1H3. The molecule has 0 aliphatic carbocycles. The highest BCUT2D eigenvalue weighted by Crippen LogP contribution is 2.27. The molecule has 2 aromatic carbocycles. The molecule has 0 unspecified atom stereocenters. The molecule has 0 aliphatic heterocycles. The van der Waals surface area contributed by atoms with E-state index in [-0.39, 0.29) is 0 Å². The van der Waals surface area contributed by atoms with Gasteiger partial charge in [-0.3, -0.25) is 4.79 Å².